The van der Waals surface area contributed by atoms with Crippen molar-refractivity contribution in [3.8, 4) is 11.3 Å². The summed E-state index contributed by atoms with van der Waals surface area (Å²) in [5, 5.41) is 17.0. The lowest BCUT2D eigenvalue weighted by Gasteiger charge is -2.31. The molecule has 0 amide bonds. The molecule has 0 saturated carbocycles. The Balaban J connectivity index is 1.26. The van der Waals surface area contributed by atoms with Crippen molar-refractivity contribution in [3.05, 3.63) is 83.9 Å². The van der Waals surface area contributed by atoms with Crippen molar-refractivity contribution in [1.29, 1.82) is 0 Å². The number of allylic oxidation sites excluding steroid dienone is 1. The van der Waals surface area contributed by atoms with E-state index in [2.05, 4.69) is 74.1 Å². The Labute approximate surface area is 192 Å². The minimum atomic E-state index is 0.749. The summed E-state index contributed by atoms with van der Waals surface area (Å²) < 4.78 is 0. The number of H-pyrrole nitrogens is 1. The fourth-order valence-electron chi connectivity index (χ4n) is 3.95. The number of piperazine rings is 1. The zero-order valence-corrected chi connectivity index (χ0v) is 18.7. The second-order valence-electron chi connectivity index (χ2n) is 7.84. The molecule has 1 fully saturated rings. The summed E-state index contributed by atoms with van der Waals surface area (Å²) in [7, 11) is 0. The average molecular weight is 443 g/mol. The Kier molecular flexibility index (Phi) is 6.00. The first-order valence-corrected chi connectivity index (χ1v) is 11.7. The number of anilines is 3. The van der Waals surface area contributed by atoms with E-state index < -0.39 is 0 Å². The smallest absolute Gasteiger partial charge is 0.188 e. The molecule has 162 valence electrons. The number of para-hydroxylation sites is 1. The van der Waals surface area contributed by atoms with Crippen LogP contribution in [0.15, 0.2) is 72.6 Å². The summed E-state index contributed by atoms with van der Waals surface area (Å²) in [6.45, 7) is 8.44. The van der Waals surface area contributed by atoms with E-state index in [0.717, 1.165) is 66.1 Å². The van der Waals surface area contributed by atoms with Crippen molar-refractivity contribution in [2.75, 3.05) is 36.4 Å². The molecule has 0 aliphatic carbocycles. The highest BCUT2D eigenvalue weighted by molar-refractivity contribution is 7.13. The van der Waals surface area contributed by atoms with Gasteiger partial charge in [0.25, 0.3) is 0 Å². The third-order valence-corrected chi connectivity index (χ3v) is 6.37. The summed E-state index contributed by atoms with van der Waals surface area (Å²) >= 11 is 1.56. The quantitative estimate of drug-likeness (QED) is 0.378. The summed E-state index contributed by atoms with van der Waals surface area (Å²) in [6, 6.07) is 20.8. The molecule has 0 atom stereocenters. The van der Waals surface area contributed by atoms with Gasteiger partial charge in [-0.05, 0) is 22.8 Å². The van der Waals surface area contributed by atoms with Gasteiger partial charge in [-0.1, -0.05) is 55.1 Å². The molecular weight excluding hydrogens is 416 g/mol. The standard InChI is InChI=1S/C25H26N6S/c1-18(15-20-9-5-6-10-23(20)31-13-11-26-12-14-31)22-17-32-25(27-22)28-24-16-21(29-30-24)19-7-3-2-4-8-19/h2-10,16-17,26H,1,11-15H2,(H2,27,28,29,30). The molecule has 2 aromatic carbocycles. The van der Waals surface area contributed by atoms with Crippen molar-refractivity contribution in [2.45, 2.75) is 6.42 Å². The second kappa shape index (κ2) is 9.38. The number of hydrogen-bond acceptors (Lipinski definition) is 6. The zero-order chi connectivity index (χ0) is 21.8. The van der Waals surface area contributed by atoms with Gasteiger partial charge in [0.1, 0.15) is 0 Å². The van der Waals surface area contributed by atoms with Gasteiger partial charge in [0, 0.05) is 49.7 Å². The number of aromatic amines is 1. The van der Waals surface area contributed by atoms with Crippen LogP contribution in [0, 0.1) is 0 Å². The summed E-state index contributed by atoms with van der Waals surface area (Å²) in [6.07, 6.45) is 0.782. The van der Waals surface area contributed by atoms with Gasteiger partial charge in [0.15, 0.2) is 10.9 Å². The van der Waals surface area contributed by atoms with Gasteiger partial charge in [-0.2, -0.15) is 5.10 Å². The second-order valence-corrected chi connectivity index (χ2v) is 8.70. The number of aromatic nitrogens is 3. The maximum absolute atomic E-state index is 4.76. The summed E-state index contributed by atoms with van der Waals surface area (Å²) in [5.41, 5.74) is 6.61. The van der Waals surface area contributed by atoms with Crippen LogP contribution in [0.2, 0.25) is 0 Å². The zero-order valence-electron chi connectivity index (χ0n) is 17.8. The molecule has 0 spiro atoms. The maximum Gasteiger partial charge on any atom is 0.188 e. The molecule has 1 aliphatic rings. The van der Waals surface area contributed by atoms with E-state index >= 15 is 0 Å². The lowest BCUT2D eigenvalue weighted by Crippen LogP contribution is -2.43. The Hall–Kier alpha value is -3.42. The molecular formula is C25H26N6S. The lowest BCUT2D eigenvalue weighted by atomic mass is 10.0. The van der Waals surface area contributed by atoms with Crippen LogP contribution < -0.4 is 15.5 Å². The monoisotopic (exact) mass is 442 g/mol. The highest BCUT2D eigenvalue weighted by Gasteiger charge is 2.15. The summed E-state index contributed by atoms with van der Waals surface area (Å²) in [4.78, 5) is 7.21. The molecule has 1 saturated heterocycles. The van der Waals surface area contributed by atoms with Gasteiger partial charge in [-0.15, -0.1) is 11.3 Å². The van der Waals surface area contributed by atoms with Gasteiger partial charge in [0.2, 0.25) is 0 Å². The Bertz CT molecular complexity index is 1190. The normalized spacial score (nSPS) is 13.8. The topological polar surface area (TPSA) is 68.9 Å². The molecule has 3 N–H and O–H groups in total. The van der Waals surface area contributed by atoms with Crippen LogP contribution in [0.4, 0.5) is 16.6 Å². The van der Waals surface area contributed by atoms with Crippen LogP contribution in [-0.4, -0.2) is 41.4 Å². The highest BCUT2D eigenvalue weighted by atomic mass is 32.1. The molecule has 3 heterocycles. The van der Waals surface area contributed by atoms with E-state index in [1.54, 1.807) is 11.3 Å². The van der Waals surface area contributed by atoms with E-state index in [-0.39, 0.29) is 0 Å². The Morgan fingerprint density at radius 2 is 1.84 bits per heavy atom. The molecule has 0 radical (unpaired) electrons. The molecule has 5 rings (SSSR count). The van der Waals surface area contributed by atoms with E-state index in [1.807, 2.05) is 24.3 Å². The highest BCUT2D eigenvalue weighted by Crippen LogP contribution is 2.29. The fraction of sp³-hybridized carbons (Fsp3) is 0.200. The first-order valence-electron chi connectivity index (χ1n) is 10.8. The van der Waals surface area contributed by atoms with Gasteiger partial charge in [0.05, 0.1) is 11.4 Å². The van der Waals surface area contributed by atoms with Crippen LogP contribution in [0.25, 0.3) is 16.8 Å². The minimum absolute atomic E-state index is 0.749. The van der Waals surface area contributed by atoms with Crippen molar-refractivity contribution >= 4 is 33.5 Å². The average Bonchev–Trinajstić information content (AvgIpc) is 3.51. The SMILES string of the molecule is C=C(Cc1ccccc1N1CCNCC1)c1csc(Nc2cc(-c3ccccc3)[nH]n2)n1. The third-order valence-electron chi connectivity index (χ3n) is 5.62. The largest absolute Gasteiger partial charge is 0.369 e. The van der Waals surface area contributed by atoms with Gasteiger partial charge >= 0.3 is 0 Å². The van der Waals surface area contributed by atoms with Crippen LogP contribution >= 0.6 is 11.3 Å². The molecule has 0 unspecified atom stereocenters. The van der Waals surface area contributed by atoms with Crippen LogP contribution in [-0.2, 0) is 6.42 Å². The predicted octanol–water partition coefficient (Wildman–Crippen LogP) is 4.94. The van der Waals surface area contributed by atoms with Gasteiger partial charge in [-0.25, -0.2) is 4.98 Å². The van der Waals surface area contributed by atoms with E-state index in [0.29, 0.717) is 0 Å². The number of nitrogens with zero attached hydrogens (tertiary/aromatic N) is 3. The Morgan fingerprint density at radius 1 is 1.06 bits per heavy atom. The van der Waals surface area contributed by atoms with Crippen LogP contribution in [0.1, 0.15) is 11.3 Å². The molecule has 7 heteroatoms. The first kappa shape index (κ1) is 20.5. The number of benzene rings is 2. The predicted molar refractivity (Wildman–Crippen MR) is 134 cm³/mol. The molecule has 32 heavy (non-hydrogen) atoms. The molecule has 1 aliphatic heterocycles. The third kappa shape index (κ3) is 4.59. The van der Waals surface area contributed by atoms with Crippen LogP contribution in [0.5, 0.6) is 0 Å². The molecule has 4 aromatic rings. The number of rotatable bonds is 7. The van der Waals surface area contributed by atoms with E-state index in [9.17, 15) is 0 Å². The molecule has 0 bridgehead atoms. The van der Waals surface area contributed by atoms with E-state index in [4.69, 9.17) is 4.98 Å². The summed E-state index contributed by atoms with van der Waals surface area (Å²) in [5.74, 6) is 0.749. The molecule has 2 aromatic heterocycles. The van der Waals surface area contributed by atoms with Crippen molar-refractivity contribution in [1.82, 2.24) is 20.5 Å². The number of thiazole rings is 1. The minimum Gasteiger partial charge on any atom is -0.369 e. The van der Waals surface area contributed by atoms with E-state index in [1.165, 1.54) is 11.3 Å². The van der Waals surface area contributed by atoms with Crippen molar-refractivity contribution in [2.24, 2.45) is 0 Å². The van der Waals surface area contributed by atoms with Crippen molar-refractivity contribution in [3.63, 3.8) is 0 Å². The maximum atomic E-state index is 4.76. The Morgan fingerprint density at radius 3 is 2.69 bits per heavy atom. The van der Waals surface area contributed by atoms with Crippen molar-refractivity contribution < 1.29 is 0 Å². The van der Waals surface area contributed by atoms with Crippen LogP contribution in [0.3, 0.4) is 0 Å². The van der Waals surface area contributed by atoms with Gasteiger partial charge < -0.3 is 15.5 Å². The lowest BCUT2D eigenvalue weighted by molar-refractivity contribution is 0.588. The fourth-order valence-corrected chi connectivity index (χ4v) is 4.71. The number of hydrogen-bond donors (Lipinski definition) is 3. The van der Waals surface area contributed by atoms with Gasteiger partial charge in [-0.3, -0.25) is 5.10 Å². The number of nitrogens with one attached hydrogen (secondary N) is 3. The first-order chi connectivity index (χ1) is 15.8. The molecule has 6 nitrogen and oxygen atoms in total.